The number of amides is 4. The van der Waals surface area contributed by atoms with Gasteiger partial charge in [-0.1, -0.05) is 12.1 Å². The Bertz CT molecular complexity index is 1660. The number of benzene rings is 3. The molecule has 0 aliphatic carbocycles. The molecule has 0 atom stereocenters. The van der Waals surface area contributed by atoms with E-state index in [0.29, 0.717) is 27.7 Å². The first-order valence-electron chi connectivity index (χ1n) is 11.4. The fraction of sp³-hybridized carbons (Fsp3) is 0.0385. The van der Waals surface area contributed by atoms with Crippen molar-refractivity contribution >= 4 is 58.6 Å². The van der Waals surface area contributed by atoms with Crippen LogP contribution in [0.15, 0.2) is 66.2 Å². The van der Waals surface area contributed by atoms with Gasteiger partial charge >= 0.3 is 109 Å². The van der Waals surface area contributed by atoms with Gasteiger partial charge in [0.15, 0.2) is 0 Å². The third kappa shape index (κ3) is 7.37. The number of carboxylic acid groups (broad SMARTS) is 2. The third-order valence-electron chi connectivity index (χ3n) is 5.99. The molecule has 3 aromatic rings. The van der Waals surface area contributed by atoms with E-state index in [4.69, 9.17) is 4.74 Å². The normalized spacial score (nSPS) is 12.6. The summed E-state index contributed by atoms with van der Waals surface area (Å²) in [6.45, 7) is 0. The Morgan fingerprint density at radius 2 is 1.14 bits per heavy atom. The first-order valence-corrected chi connectivity index (χ1v) is 11.4. The van der Waals surface area contributed by atoms with E-state index in [1.54, 1.807) is 0 Å². The van der Waals surface area contributed by atoms with Crippen molar-refractivity contribution in [1.29, 1.82) is 0 Å². The number of hydrogen-bond donors (Lipinski definition) is 0. The standard InChI is InChI=1S/C26H16N4O12.2K/c1-42-16-6-2-13(3-7-16)10-19-22(31)27(14-4-8-17(24(33)34)20(11-14)29(38)39)26(37)28(23(19)32)15-5-9-18(25(35)36)21(12-15)30(40)41;;/h2-12H,1H3,(H,33,34)(H,35,36);;/q;2*+1/p-2. The zero-order valence-electron chi connectivity index (χ0n) is 23.0. The summed E-state index contributed by atoms with van der Waals surface area (Å²) in [4.78, 5) is 84.9. The molecule has 0 N–H and O–H groups in total. The quantitative estimate of drug-likeness (QED) is 0.0731. The second-order valence-corrected chi connectivity index (χ2v) is 8.39. The van der Waals surface area contributed by atoms with Crippen LogP contribution in [0, 0.1) is 20.2 Å². The van der Waals surface area contributed by atoms with Gasteiger partial charge < -0.3 is 24.5 Å². The molecule has 0 aromatic heterocycles. The van der Waals surface area contributed by atoms with Crippen molar-refractivity contribution in [1.82, 2.24) is 0 Å². The number of urea groups is 1. The summed E-state index contributed by atoms with van der Waals surface area (Å²) in [6, 6.07) is 8.85. The van der Waals surface area contributed by atoms with Crippen molar-refractivity contribution in [3.8, 4) is 5.75 Å². The van der Waals surface area contributed by atoms with E-state index in [2.05, 4.69) is 0 Å². The van der Waals surface area contributed by atoms with Crippen molar-refractivity contribution in [2.45, 2.75) is 0 Å². The Kier molecular flexibility index (Phi) is 12.8. The molecule has 1 aliphatic rings. The largest absolute Gasteiger partial charge is 1.00 e. The second kappa shape index (κ2) is 15.2. The van der Waals surface area contributed by atoms with Crippen LogP contribution in [-0.2, 0) is 9.59 Å². The minimum atomic E-state index is -1.92. The van der Waals surface area contributed by atoms with Crippen molar-refractivity contribution in [3.05, 3.63) is 103 Å². The summed E-state index contributed by atoms with van der Waals surface area (Å²) >= 11 is 0. The Hall–Kier alpha value is -3.18. The van der Waals surface area contributed by atoms with Gasteiger partial charge in [-0.15, -0.1) is 0 Å². The molecular formula is C26H14K2N4O12. The summed E-state index contributed by atoms with van der Waals surface area (Å²) in [7, 11) is 1.40. The number of nitrogens with zero attached hydrogens (tertiary/aromatic N) is 4. The third-order valence-corrected chi connectivity index (χ3v) is 5.99. The number of rotatable bonds is 8. The molecule has 1 aliphatic heterocycles. The van der Waals surface area contributed by atoms with Gasteiger partial charge in [0, 0.05) is 12.1 Å². The van der Waals surface area contributed by atoms with E-state index in [1.165, 1.54) is 31.4 Å². The zero-order chi connectivity index (χ0) is 30.9. The molecule has 44 heavy (non-hydrogen) atoms. The van der Waals surface area contributed by atoms with Crippen molar-refractivity contribution in [2.24, 2.45) is 0 Å². The second-order valence-electron chi connectivity index (χ2n) is 8.39. The van der Waals surface area contributed by atoms with Crippen LogP contribution in [0.5, 0.6) is 5.75 Å². The Morgan fingerprint density at radius 1 is 0.727 bits per heavy atom. The van der Waals surface area contributed by atoms with Crippen molar-refractivity contribution < 1.29 is 152 Å². The van der Waals surface area contributed by atoms with Crippen LogP contribution in [0.1, 0.15) is 26.3 Å². The van der Waals surface area contributed by atoms with Crippen LogP contribution in [0.4, 0.5) is 27.5 Å². The maximum Gasteiger partial charge on any atom is 1.00 e. The summed E-state index contributed by atoms with van der Waals surface area (Å²) in [5, 5.41) is 45.8. The van der Waals surface area contributed by atoms with Gasteiger partial charge in [-0.25, -0.2) is 14.6 Å². The number of hydrogen-bond acceptors (Lipinski definition) is 12. The number of aromatic carboxylic acids is 2. The fourth-order valence-corrected chi connectivity index (χ4v) is 4.02. The van der Waals surface area contributed by atoms with Crippen LogP contribution in [0.3, 0.4) is 0 Å². The smallest absolute Gasteiger partial charge is 0.545 e. The van der Waals surface area contributed by atoms with Crippen molar-refractivity contribution in [2.75, 3.05) is 16.9 Å². The molecule has 0 radical (unpaired) electrons. The Labute approximate surface area is 331 Å². The topological polar surface area (TPSA) is 233 Å². The van der Waals surface area contributed by atoms with Gasteiger partial charge in [-0.05, 0) is 48.0 Å². The predicted octanol–water partition coefficient (Wildman–Crippen LogP) is -5.17. The average Bonchev–Trinajstić information content (AvgIpc) is 2.95. The molecule has 1 heterocycles. The number of ether oxygens (including phenoxy) is 1. The number of imide groups is 2. The van der Waals surface area contributed by atoms with Crippen LogP contribution in [0.25, 0.3) is 6.08 Å². The number of nitro benzene ring substituents is 2. The van der Waals surface area contributed by atoms with Crippen LogP contribution in [0.2, 0.25) is 0 Å². The summed E-state index contributed by atoms with van der Waals surface area (Å²) < 4.78 is 5.06. The average molecular weight is 653 g/mol. The Morgan fingerprint density at radius 3 is 1.48 bits per heavy atom. The molecule has 0 unspecified atom stereocenters. The Balaban J connectivity index is 0.00000337. The molecule has 0 spiro atoms. The monoisotopic (exact) mass is 652 g/mol. The number of carbonyl (C=O) groups excluding carboxylic acids is 5. The maximum atomic E-state index is 13.6. The van der Waals surface area contributed by atoms with Gasteiger partial charge in [0.25, 0.3) is 23.2 Å². The maximum absolute atomic E-state index is 13.6. The van der Waals surface area contributed by atoms with Gasteiger partial charge in [0.1, 0.15) is 11.3 Å². The number of carbonyl (C=O) groups is 5. The van der Waals surface area contributed by atoms with E-state index in [1.807, 2.05) is 0 Å². The molecular weight excluding hydrogens is 638 g/mol. The molecule has 1 fully saturated rings. The number of barbiturate groups is 1. The van der Waals surface area contributed by atoms with E-state index < -0.39 is 79.1 Å². The molecule has 3 aromatic carbocycles. The van der Waals surface area contributed by atoms with Crippen LogP contribution >= 0.6 is 0 Å². The van der Waals surface area contributed by atoms with Gasteiger partial charge in [0.05, 0.1) is 51.4 Å². The summed E-state index contributed by atoms with van der Waals surface area (Å²) in [6.07, 6.45) is 1.07. The molecule has 4 rings (SSSR count). The number of anilines is 2. The van der Waals surface area contributed by atoms with Gasteiger partial charge in [-0.3, -0.25) is 29.8 Å². The zero-order valence-corrected chi connectivity index (χ0v) is 29.3. The summed E-state index contributed by atoms with van der Waals surface area (Å²) in [5.74, 6) is -5.94. The predicted molar refractivity (Wildman–Crippen MR) is 136 cm³/mol. The number of carboxylic acids is 2. The van der Waals surface area contributed by atoms with Crippen LogP contribution in [-0.4, -0.2) is 46.7 Å². The number of nitro groups is 2. The van der Waals surface area contributed by atoms with Crippen LogP contribution < -0.4 is 128 Å². The SMILES string of the molecule is COc1ccc(C=C2C(=O)N(c3ccc(C(=O)[O-])c([N+](=O)[O-])c3)C(=O)N(c3ccc(C(=O)[O-])c([N+](=O)[O-])c3)C2=O)cc1.[K+].[K+]. The molecule has 16 nitrogen and oxygen atoms in total. The van der Waals surface area contributed by atoms with E-state index in [0.717, 1.165) is 30.3 Å². The van der Waals surface area contributed by atoms with Gasteiger partial charge in [-0.2, -0.15) is 0 Å². The molecule has 0 saturated carbocycles. The minimum absolute atomic E-state index is 0. The molecule has 1 saturated heterocycles. The first kappa shape index (κ1) is 37.0. The first-order chi connectivity index (χ1) is 19.8. The molecule has 212 valence electrons. The van der Waals surface area contributed by atoms with Crippen molar-refractivity contribution in [3.63, 3.8) is 0 Å². The van der Waals surface area contributed by atoms with E-state index in [-0.39, 0.29) is 108 Å². The van der Waals surface area contributed by atoms with Gasteiger partial charge in [0.2, 0.25) is 0 Å². The van der Waals surface area contributed by atoms with E-state index in [9.17, 15) is 54.4 Å². The number of methoxy groups -OCH3 is 1. The minimum Gasteiger partial charge on any atom is -0.545 e. The molecule has 18 heteroatoms. The molecule has 4 amide bonds. The fourth-order valence-electron chi connectivity index (χ4n) is 4.02. The van der Waals surface area contributed by atoms with E-state index >= 15 is 0 Å². The molecule has 0 bridgehead atoms. The summed E-state index contributed by atoms with van der Waals surface area (Å²) in [5.41, 5.74) is -5.28.